The van der Waals surface area contributed by atoms with Crippen molar-refractivity contribution in [1.29, 1.82) is 0 Å². The summed E-state index contributed by atoms with van der Waals surface area (Å²) in [5, 5.41) is 0.380. The Morgan fingerprint density at radius 2 is 2.14 bits per heavy atom. The van der Waals surface area contributed by atoms with Gasteiger partial charge >= 0.3 is 0 Å². The van der Waals surface area contributed by atoms with Crippen molar-refractivity contribution in [2.75, 3.05) is 11.4 Å². The second-order valence-electron chi connectivity index (χ2n) is 5.40. The van der Waals surface area contributed by atoms with Crippen LogP contribution in [0.25, 0.3) is 11.1 Å². The lowest BCUT2D eigenvalue weighted by Crippen LogP contribution is -2.25. The van der Waals surface area contributed by atoms with Crippen LogP contribution >= 0.6 is 11.6 Å². The highest BCUT2D eigenvalue weighted by Crippen LogP contribution is 2.41. The molecule has 0 aliphatic carbocycles. The molecule has 2 aliphatic heterocycles. The fourth-order valence-corrected chi connectivity index (χ4v) is 3.15. The van der Waals surface area contributed by atoms with Crippen LogP contribution in [-0.2, 0) is 11.4 Å². The van der Waals surface area contributed by atoms with Crippen molar-refractivity contribution in [2.45, 2.75) is 19.4 Å². The molecular formula is C16H12ClFN2O2. The van der Waals surface area contributed by atoms with E-state index in [1.807, 2.05) is 0 Å². The molecule has 0 atom stereocenters. The maximum Gasteiger partial charge on any atom is 0.227 e. The van der Waals surface area contributed by atoms with E-state index in [1.54, 1.807) is 18.3 Å². The number of ether oxygens (including phenoxy) is 1. The minimum atomic E-state index is -0.430. The van der Waals surface area contributed by atoms with Crippen molar-refractivity contribution in [3.8, 4) is 16.9 Å². The highest BCUT2D eigenvalue weighted by Gasteiger charge is 2.27. The van der Waals surface area contributed by atoms with Gasteiger partial charge in [0.25, 0.3) is 0 Å². The number of carbonyl (C=O) groups is 1. The summed E-state index contributed by atoms with van der Waals surface area (Å²) >= 11 is 5.88. The second kappa shape index (κ2) is 4.95. The largest absolute Gasteiger partial charge is 0.488 e. The minimum Gasteiger partial charge on any atom is -0.488 e. The molecule has 22 heavy (non-hydrogen) atoms. The molecule has 1 amide bonds. The third-order valence-corrected chi connectivity index (χ3v) is 4.25. The van der Waals surface area contributed by atoms with Crippen molar-refractivity contribution in [1.82, 2.24) is 4.98 Å². The number of hydrogen-bond acceptors (Lipinski definition) is 3. The number of nitrogens with zero attached hydrogens (tertiary/aromatic N) is 2. The van der Waals surface area contributed by atoms with E-state index >= 15 is 0 Å². The van der Waals surface area contributed by atoms with Crippen LogP contribution in [0.2, 0.25) is 5.15 Å². The van der Waals surface area contributed by atoms with Gasteiger partial charge in [0.15, 0.2) is 0 Å². The van der Waals surface area contributed by atoms with Crippen molar-refractivity contribution in [2.24, 2.45) is 0 Å². The predicted molar refractivity (Wildman–Crippen MR) is 80.6 cm³/mol. The normalized spacial score (nSPS) is 16.3. The molecular weight excluding hydrogens is 307 g/mol. The summed E-state index contributed by atoms with van der Waals surface area (Å²) in [7, 11) is 0. The predicted octanol–water partition coefficient (Wildman–Crippen LogP) is 3.56. The number of anilines is 1. The number of amides is 1. The molecule has 3 heterocycles. The minimum absolute atomic E-state index is 0.0523. The lowest BCUT2D eigenvalue weighted by molar-refractivity contribution is -0.117. The molecule has 4 nitrogen and oxygen atoms in total. The highest BCUT2D eigenvalue weighted by atomic mass is 35.5. The first-order valence-electron chi connectivity index (χ1n) is 7.05. The fraction of sp³-hybridized carbons (Fsp3) is 0.250. The molecule has 1 aromatic carbocycles. The number of pyridine rings is 1. The summed E-state index contributed by atoms with van der Waals surface area (Å²) in [6.45, 7) is 0.895. The SMILES string of the molecule is O=C1CCCN1c1cc2c(cc1F)-c1cnc(Cl)cc1CO2. The second-order valence-corrected chi connectivity index (χ2v) is 5.79. The summed E-state index contributed by atoms with van der Waals surface area (Å²) in [4.78, 5) is 17.4. The average molecular weight is 319 g/mol. The van der Waals surface area contributed by atoms with E-state index in [0.29, 0.717) is 36.0 Å². The van der Waals surface area contributed by atoms with Crippen molar-refractivity contribution < 1.29 is 13.9 Å². The molecule has 112 valence electrons. The molecule has 2 aliphatic rings. The van der Waals surface area contributed by atoms with Crippen molar-refractivity contribution in [3.63, 3.8) is 0 Å². The Hall–Kier alpha value is -2.14. The van der Waals surface area contributed by atoms with E-state index < -0.39 is 5.82 Å². The van der Waals surface area contributed by atoms with Crippen molar-refractivity contribution in [3.05, 3.63) is 40.9 Å². The molecule has 1 saturated heterocycles. The van der Waals surface area contributed by atoms with E-state index in [4.69, 9.17) is 16.3 Å². The van der Waals surface area contributed by atoms with Crippen LogP contribution in [0.4, 0.5) is 10.1 Å². The lowest BCUT2D eigenvalue weighted by atomic mass is 9.98. The molecule has 0 saturated carbocycles. The van der Waals surface area contributed by atoms with E-state index in [1.165, 1.54) is 11.0 Å². The van der Waals surface area contributed by atoms with E-state index in [-0.39, 0.29) is 11.6 Å². The highest BCUT2D eigenvalue weighted by molar-refractivity contribution is 6.29. The zero-order valence-corrected chi connectivity index (χ0v) is 12.4. The van der Waals surface area contributed by atoms with Crippen LogP contribution in [0, 0.1) is 5.82 Å². The Morgan fingerprint density at radius 3 is 2.91 bits per heavy atom. The molecule has 0 spiro atoms. The monoisotopic (exact) mass is 318 g/mol. The van der Waals surface area contributed by atoms with Crippen molar-refractivity contribution >= 4 is 23.2 Å². The summed E-state index contributed by atoms with van der Waals surface area (Å²) in [5.74, 6) is 0.0802. The first-order chi connectivity index (χ1) is 10.6. The molecule has 0 N–H and O–H groups in total. The number of benzene rings is 1. The summed E-state index contributed by atoms with van der Waals surface area (Å²) < 4.78 is 20.2. The van der Waals surface area contributed by atoms with Gasteiger partial charge in [0.2, 0.25) is 5.91 Å². The summed E-state index contributed by atoms with van der Waals surface area (Å²) in [6.07, 6.45) is 2.84. The Balaban J connectivity index is 1.83. The number of hydrogen-bond donors (Lipinski definition) is 0. The van der Waals surface area contributed by atoms with Crippen LogP contribution in [0.15, 0.2) is 24.4 Å². The molecule has 4 rings (SSSR count). The van der Waals surface area contributed by atoms with Crippen LogP contribution in [0.1, 0.15) is 18.4 Å². The van der Waals surface area contributed by atoms with Gasteiger partial charge in [-0.1, -0.05) is 11.6 Å². The van der Waals surface area contributed by atoms with E-state index in [9.17, 15) is 9.18 Å². The number of fused-ring (bicyclic) bond motifs is 3. The maximum absolute atomic E-state index is 14.5. The van der Waals surface area contributed by atoms with Gasteiger partial charge in [-0.15, -0.1) is 0 Å². The molecule has 0 bridgehead atoms. The van der Waals surface area contributed by atoms with Gasteiger partial charge in [-0.25, -0.2) is 9.37 Å². The standard InChI is InChI=1S/C16H12ClFN2O2/c17-15-4-9-8-22-14-6-13(20-3-1-2-16(20)21)12(18)5-10(14)11(9)7-19-15/h4-7H,1-3,8H2. The summed E-state index contributed by atoms with van der Waals surface area (Å²) in [6, 6.07) is 4.73. The van der Waals surface area contributed by atoms with Crippen LogP contribution in [-0.4, -0.2) is 17.4 Å². The van der Waals surface area contributed by atoms with Crippen LogP contribution in [0.3, 0.4) is 0 Å². The third kappa shape index (κ3) is 2.04. The Morgan fingerprint density at radius 1 is 1.27 bits per heavy atom. The van der Waals surface area contributed by atoms with Gasteiger partial charge in [-0.2, -0.15) is 0 Å². The number of aromatic nitrogens is 1. The van der Waals surface area contributed by atoms with Crippen LogP contribution in [0.5, 0.6) is 5.75 Å². The van der Waals surface area contributed by atoms with Gasteiger partial charge in [0, 0.05) is 41.9 Å². The zero-order chi connectivity index (χ0) is 15.3. The van der Waals surface area contributed by atoms with E-state index in [2.05, 4.69) is 4.98 Å². The Kier molecular flexibility index (Phi) is 3.04. The molecule has 0 radical (unpaired) electrons. The molecule has 2 aromatic rings. The molecule has 6 heteroatoms. The number of carbonyl (C=O) groups excluding carboxylic acids is 1. The maximum atomic E-state index is 14.5. The summed E-state index contributed by atoms with van der Waals surface area (Å²) in [5.41, 5.74) is 2.60. The molecule has 1 fully saturated rings. The van der Waals surface area contributed by atoms with Gasteiger partial charge in [0.05, 0.1) is 5.69 Å². The number of halogens is 2. The molecule has 0 unspecified atom stereocenters. The molecule has 1 aromatic heterocycles. The van der Waals surface area contributed by atoms with Gasteiger partial charge < -0.3 is 9.64 Å². The zero-order valence-electron chi connectivity index (χ0n) is 11.6. The first-order valence-corrected chi connectivity index (χ1v) is 7.43. The first kappa shape index (κ1) is 13.5. The third-order valence-electron chi connectivity index (χ3n) is 4.04. The lowest BCUT2D eigenvalue weighted by Gasteiger charge is -2.24. The topological polar surface area (TPSA) is 42.4 Å². The average Bonchev–Trinajstić information content (AvgIpc) is 2.92. The Bertz CT molecular complexity index is 794. The van der Waals surface area contributed by atoms with Gasteiger partial charge in [-0.3, -0.25) is 4.79 Å². The quantitative estimate of drug-likeness (QED) is 0.755. The van der Waals surface area contributed by atoms with Gasteiger partial charge in [0.1, 0.15) is 23.3 Å². The van der Waals surface area contributed by atoms with Gasteiger partial charge in [-0.05, 0) is 18.6 Å². The van der Waals surface area contributed by atoms with Crippen LogP contribution < -0.4 is 9.64 Å². The smallest absolute Gasteiger partial charge is 0.227 e. The fourth-order valence-electron chi connectivity index (χ4n) is 2.97. The van der Waals surface area contributed by atoms with E-state index in [0.717, 1.165) is 17.5 Å². The number of rotatable bonds is 1. The Labute approximate surface area is 131 Å².